The first kappa shape index (κ1) is 10.6. The van der Waals surface area contributed by atoms with Crippen LogP contribution in [0.2, 0.25) is 0 Å². The minimum atomic E-state index is -1.05. The largest absolute Gasteiger partial charge is 0.476 e. The topological polar surface area (TPSA) is 68.0 Å². The van der Waals surface area contributed by atoms with Crippen molar-refractivity contribution in [1.82, 2.24) is 14.8 Å². The molecule has 5 heteroatoms. The maximum Gasteiger partial charge on any atom is 0.358 e. The SMILES string of the molecule is CC(C)c1cnc2c(C(=O)O)nn(C)c2c1. The quantitative estimate of drug-likeness (QED) is 0.836. The molecule has 84 valence electrons. The zero-order valence-electron chi connectivity index (χ0n) is 9.43. The predicted molar refractivity (Wildman–Crippen MR) is 59.6 cm³/mol. The van der Waals surface area contributed by atoms with Crippen LogP contribution in [-0.2, 0) is 7.05 Å². The molecular formula is C11H13N3O2. The van der Waals surface area contributed by atoms with Crippen molar-refractivity contribution in [2.24, 2.45) is 7.05 Å². The molecule has 0 aliphatic carbocycles. The van der Waals surface area contributed by atoms with E-state index in [1.165, 1.54) is 0 Å². The number of carbonyl (C=O) groups is 1. The van der Waals surface area contributed by atoms with E-state index < -0.39 is 5.97 Å². The number of hydrogen-bond donors (Lipinski definition) is 1. The molecule has 0 saturated carbocycles. The van der Waals surface area contributed by atoms with Crippen LogP contribution in [0.15, 0.2) is 12.3 Å². The summed E-state index contributed by atoms with van der Waals surface area (Å²) in [6.45, 7) is 4.13. The van der Waals surface area contributed by atoms with Gasteiger partial charge in [-0.3, -0.25) is 9.67 Å². The third-order valence-corrected chi connectivity index (χ3v) is 2.58. The van der Waals surface area contributed by atoms with Crippen LogP contribution in [0.25, 0.3) is 11.0 Å². The van der Waals surface area contributed by atoms with Crippen molar-refractivity contribution in [3.05, 3.63) is 23.5 Å². The zero-order chi connectivity index (χ0) is 11.9. The highest BCUT2D eigenvalue weighted by atomic mass is 16.4. The minimum absolute atomic E-state index is 0.00723. The van der Waals surface area contributed by atoms with Gasteiger partial charge in [-0.1, -0.05) is 13.8 Å². The molecule has 0 atom stereocenters. The summed E-state index contributed by atoms with van der Waals surface area (Å²) in [5.74, 6) is -0.685. The molecule has 2 rings (SSSR count). The molecule has 0 radical (unpaired) electrons. The van der Waals surface area contributed by atoms with E-state index in [-0.39, 0.29) is 5.69 Å². The van der Waals surface area contributed by atoms with Gasteiger partial charge in [0, 0.05) is 13.2 Å². The highest BCUT2D eigenvalue weighted by Crippen LogP contribution is 2.21. The number of fused-ring (bicyclic) bond motifs is 1. The van der Waals surface area contributed by atoms with Gasteiger partial charge >= 0.3 is 5.97 Å². The normalized spacial score (nSPS) is 11.2. The van der Waals surface area contributed by atoms with Crippen LogP contribution in [-0.4, -0.2) is 25.8 Å². The van der Waals surface area contributed by atoms with E-state index in [9.17, 15) is 4.79 Å². The summed E-state index contributed by atoms with van der Waals surface area (Å²) in [6, 6.07) is 1.94. The van der Waals surface area contributed by atoms with Crippen molar-refractivity contribution >= 4 is 17.0 Å². The molecule has 5 nitrogen and oxygen atoms in total. The summed E-state index contributed by atoms with van der Waals surface area (Å²) in [4.78, 5) is 15.1. The molecule has 2 heterocycles. The smallest absolute Gasteiger partial charge is 0.358 e. The number of carboxylic acid groups (broad SMARTS) is 1. The Labute approximate surface area is 92.7 Å². The Balaban J connectivity index is 2.71. The molecule has 2 aromatic rings. The van der Waals surface area contributed by atoms with Crippen LogP contribution >= 0.6 is 0 Å². The standard InChI is InChI=1S/C11H13N3O2/c1-6(2)7-4-8-9(12-5-7)10(11(15)16)13-14(8)3/h4-6H,1-3H3,(H,15,16). The third kappa shape index (κ3) is 1.54. The summed E-state index contributed by atoms with van der Waals surface area (Å²) >= 11 is 0. The number of aryl methyl sites for hydroxylation is 1. The monoisotopic (exact) mass is 219 g/mol. The molecule has 0 aromatic carbocycles. The molecule has 0 spiro atoms. The number of aromatic nitrogens is 3. The number of pyridine rings is 1. The number of carboxylic acids is 1. The van der Waals surface area contributed by atoms with Gasteiger partial charge in [-0.25, -0.2) is 4.79 Å². The maximum atomic E-state index is 10.9. The van der Waals surface area contributed by atoms with Crippen LogP contribution in [0, 0.1) is 0 Å². The van der Waals surface area contributed by atoms with Crippen molar-refractivity contribution in [2.45, 2.75) is 19.8 Å². The Kier molecular flexibility index (Phi) is 2.38. The third-order valence-electron chi connectivity index (χ3n) is 2.58. The lowest BCUT2D eigenvalue weighted by molar-refractivity contribution is 0.0691. The van der Waals surface area contributed by atoms with E-state index in [0.29, 0.717) is 11.4 Å². The van der Waals surface area contributed by atoms with Gasteiger partial charge < -0.3 is 5.11 Å². The molecule has 0 saturated heterocycles. The second-order valence-electron chi connectivity index (χ2n) is 4.07. The Morgan fingerprint density at radius 1 is 1.50 bits per heavy atom. The Bertz CT molecular complexity index is 558. The molecule has 0 amide bonds. The Morgan fingerprint density at radius 3 is 2.75 bits per heavy atom. The maximum absolute atomic E-state index is 10.9. The van der Waals surface area contributed by atoms with E-state index in [2.05, 4.69) is 23.9 Å². The second-order valence-corrected chi connectivity index (χ2v) is 4.07. The highest BCUT2D eigenvalue weighted by molar-refractivity contribution is 5.99. The van der Waals surface area contributed by atoms with Crippen molar-refractivity contribution in [3.8, 4) is 0 Å². The fraction of sp³-hybridized carbons (Fsp3) is 0.364. The van der Waals surface area contributed by atoms with Gasteiger partial charge in [0.2, 0.25) is 0 Å². The van der Waals surface area contributed by atoms with Gasteiger partial charge in [0.25, 0.3) is 0 Å². The average Bonchev–Trinajstić information content (AvgIpc) is 2.56. The molecule has 16 heavy (non-hydrogen) atoms. The summed E-state index contributed by atoms with van der Waals surface area (Å²) in [6.07, 6.45) is 1.71. The number of hydrogen-bond acceptors (Lipinski definition) is 3. The molecular weight excluding hydrogens is 206 g/mol. The summed E-state index contributed by atoms with van der Waals surface area (Å²) < 4.78 is 1.55. The number of nitrogens with zero attached hydrogens (tertiary/aromatic N) is 3. The first-order chi connectivity index (χ1) is 7.50. The van der Waals surface area contributed by atoms with Crippen molar-refractivity contribution < 1.29 is 9.90 Å². The van der Waals surface area contributed by atoms with Crippen molar-refractivity contribution in [2.75, 3.05) is 0 Å². The molecule has 1 N–H and O–H groups in total. The minimum Gasteiger partial charge on any atom is -0.476 e. The Hall–Kier alpha value is -1.91. The number of rotatable bonds is 2. The van der Waals surface area contributed by atoms with Gasteiger partial charge in [-0.15, -0.1) is 0 Å². The van der Waals surface area contributed by atoms with Crippen molar-refractivity contribution in [3.63, 3.8) is 0 Å². The van der Waals surface area contributed by atoms with Crippen LogP contribution in [0.5, 0.6) is 0 Å². The van der Waals surface area contributed by atoms with Crippen LogP contribution in [0.3, 0.4) is 0 Å². The first-order valence-electron chi connectivity index (χ1n) is 5.06. The van der Waals surface area contributed by atoms with Crippen LogP contribution < -0.4 is 0 Å². The highest BCUT2D eigenvalue weighted by Gasteiger charge is 2.16. The predicted octanol–water partition coefficient (Wildman–Crippen LogP) is 1.79. The van der Waals surface area contributed by atoms with Crippen molar-refractivity contribution in [1.29, 1.82) is 0 Å². The van der Waals surface area contributed by atoms with E-state index in [1.807, 2.05) is 6.07 Å². The number of aromatic carboxylic acids is 1. The average molecular weight is 219 g/mol. The molecule has 0 fully saturated rings. The molecule has 0 bridgehead atoms. The molecule has 2 aromatic heterocycles. The summed E-state index contributed by atoms with van der Waals surface area (Å²) in [7, 11) is 1.72. The fourth-order valence-corrected chi connectivity index (χ4v) is 1.61. The lowest BCUT2D eigenvalue weighted by Gasteiger charge is -2.04. The lowest BCUT2D eigenvalue weighted by atomic mass is 10.1. The van der Waals surface area contributed by atoms with Crippen LogP contribution in [0.4, 0.5) is 0 Å². The molecule has 0 aliphatic heterocycles. The Morgan fingerprint density at radius 2 is 2.19 bits per heavy atom. The fourth-order valence-electron chi connectivity index (χ4n) is 1.61. The first-order valence-corrected chi connectivity index (χ1v) is 5.06. The second kappa shape index (κ2) is 3.59. The van der Waals surface area contributed by atoms with Gasteiger partial charge in [0.15, 0.2) is 5.69 Å². The molecule has 0 aliphatic rings. The van der Waals surface area contributed by atoms with E-state index in [0.717, 1.165) is 11.1 Å². The summed E-state index contributed by atoms with van der Waals surface area (Å²) in [5, 5.41) is 12.9. The van der Waals surface area contributed by atoms with Gasteiger partial charge in [-0.2, -0.15) is 5.10 Å². The zero-order valence-corrected chi connectivity index (χ0v) is 9.43. The lowest BCUT2D eigenvalue weighted by Crippen LogP contribution is -1.99. The van der Waals surface area contributed by atoms with E-state index in [1.54, 1.807) is 17.9 Å². The van der Waals surface area contributed by atoms with Gasteiger partial charge in [-0.05, 0) is 17.5 Å². The summed E-state index contributed by atoms with van der Waals surface area (Å²) in [5.41, 5.74) is 2.28. The molecule has 0 unspecified atom stereocenters. The van der Waals surface area contributed by atoms with Gasteiger partial charge in [0.05, 0.1) is 5.52 Å². The van der Waals surface area contributed by atoms with Crippen LogP contribution in [0.1, 0.15) is 35.8 Å². The van der Waals surface area contributed by atoms with E-state index in [4.69, 9.17) is 5.11 Å². The van der Waals surface area contributed by atoms with Gasteiger partial charge in [0.1, 0.15) is 5.52 Å². The van der Waals surface area contributed by atoms with E-state index >= 15 is 0 Å².